The lowest BCUT2D eigenvalue weighted by Crippen LogP contribution is -2.58. The molecule has 0 aliphatic carbocycles. The summed E-state index contributed by atoms with van der Waals surface area (Å²) in [5.74, 6) is 0. The molecule has 4 heteroatoms. The highest BCUT2D eigenvalue weighted by atomic mass is 16.2. The van der Waals surface area contributed by atoms with Crippen LogP contribution < -0.4 is 5.32 Å². The fourth-order valence-corrected chi connectivity index (χ4v) is 1.81. The second-order valence-electron chi connectivity index (χ2n) is 3.87. The van der Waals surface area contributed by atoms with Crippen molar-refractivity contribution in [1.82, 2.24) is 15.1 Å². The van der Waals surface area contributed by atoms with E-state index in [1.807, 2.05) is 9.80 Å². The van der Waals surface area contributed by atoms with Crippen LogP contribution >= 0.6 is 0 Å². The van der Waals surface area contributed by atoms with Crippen molar-refractivity contribution in [2.75, 3.05) is 32.7 Å². The third kappa shape index (κ3) is 1.63. The molecule has 4 nitrogen and oxygen atoms in total. The number of carbonyl (C=O) groups is 1. The van der Waals surface area contributed by atoms with Crippen LogP contribution in [0.5, 0.6) is 0 Å². The normalized spacial score (nSPS) is 28.5. The summed E-state index contributed by atoms with van der Waals surface area (Å²) in [5.41, 5.74) is 0. The predicted octanol–water partition coefficient (Wildman–Crippen LogP) is 0.106. The topological polar surface area (TPSA) is 35.6 Å². The van der Waals surface area contributed by atoms with Crippen molar-refractivity contribution in [2.45, 2.75) is 19.4 Å². The van der Waals surface area contributed by atoms with E-state index in [1.165, 1.54) is 6.42 Å². The number of piperazine rings is 1. The summed E-state index contributed by atoms with van der Waals surface area (Å²) in [6.07, 6.45) is 1.17. The molecular formula is C9H17N3O. The van der Waals surface area contributed by atoms with E-state index in [9.17, 15) is 4.79 Å². The van der Waals surface area contributed by atoms with Gasteiger partial charge in [-0.2, -0.15) is 0 Å². The first-order chi connectivity index (χ1) is 6.29. The van der Waals surface area contributed by atoms with Gasteiger partial charge in [0.25, 0.3) is 0 Å². The molecule has 2 rings (SSSR count). The molecule has 1 N–H and O–H groups in total. The summed E-state index contributed by atoms with van der Waals surface area (Å²) in [4.78, 5) is 15.7. The lowest BCUT2D eigenvalue weighted by molar-refractivity contribution is 0.104. The third-order valence-corrected chi connectivity index (χ3v) is 2.87. The molecule has 0 unspecified atom stereocenters. The van der Waals surface area contributed by atoms with E-state index in [-0.39, 0.29) is 6.03 Å². The van der Waals surface area contributed by atoms with Gasteiger partial charge in [0.15, 0.2) is 0 Å². The van der Waals surface area contributed by atoms with Gasteiger partial charge >= 0.3 is 6.03 Å². The van der Waals surface area contributed by atoms with Crippen LogP contribution in [0.3, 0.4) is 0 Å². The van der Waals surface area contributed by atoms with Crippen LogP contribution in [0.2, 0.25) is 0 Å². The second-order valence-corrected chi connectivity index (χ2v) is 3.87. The molecular weight excluding hydrogens is 166 g/mol. The molecule has 0 aromatic heterocycles. The first-order valence-electron chi connectivity index (χ1n) is 5.05. The first-order valence-corrected chi connectivity index (χ1v) is 5.05. The van der Waals surface area contributed by atoms with Gasteiger partial charge in [0.1, 0.15) is 0 Å². The fourth-order valence-electron chi connectivity index (χ4n) is 1.81. The Morgan fingerprint density at radius 1 is 1.38 bits per heavy atom. The van der Waals surface area contributed by atoms with Gasteiger partial charge < -0.3 is 15.1 Å². The van der Waals surface area contributed by atoms with Gasteiger partial charge in [-0.15, -0.1) is 0 Å². The number of carbonyl (C=O) groups excluding carboxylic acids is 1. The summed E-state index contributed by atoms with van der Waals surface area (Å²) in [6, 6.07) is 0.585. The Hall–Kier alpha value is -0.770. The molecule has 2 aliphatic heterocycles. The van der Waals surface area contributed by atoms with Crippen LogP contribution in [-0.4, -0.2) is 54.6 Å². The average Bonchev–Trinajstić information content (AvgIpc) is 2.01. The molecule has 0 saturated carbocycles. The first kappa shape index (κ1) is 8.81. The molecule has 1 atom stereocenters. The molecule has 0 spiro atoms. The summed E-state index contributed by atoms with van der Waals surface area (Å²) in [5, 5.41) is 3.28. The van der Waals surface area contributed by atoms with Crippen molar-refractivity contribution in [3.05, 3.63) is 0 Å². The molecule has 0 aromatic rings. The molecule has 2 saturated heterocycles. The van der Waals surface area contributed by atoms with Gasteiger partial charge in [-0.3, -0.25) is 0 Å². The highest BCUT2D eigenvalue weighted by molar-refractivity contribution is 5.75. The molecule has 2 amide bonds. The second kappa shape index (κ2) is 3.54. The molecule has 74 valence electrons. The van der Waals surface area contributed by atoms with Crippen LogP contribution in [0.1, 0.15) is 13.3 Å². The highest BCUT2D eigenvalue weighted by Gasteiger charge is 2.29. The number of hydrogen-bond donors (Lipinski definition) is 1. The Kier molecular flexibility index (Phi) is 2.40. The van der Waals surface area contributed by atoms with Crippen LogP contribution in [0.4, 0.5) is 4.79 Å². The minimum absolute atomic E-state index is 0.236. The maximum Gasteiger partial charge on any atom is 0.320 e. The number of nitrogens with zero attached hydrogens (tertiary/aromatic N) is 2. The predicted molar refractivity (Wildman–Crippen MR) is 50.6 cm³/mol. The number of urea groups is 1. The zero-order valence-electron chi connectivity index (χ0n) is 8.12. The van der Waals surface area contributed by atoms with E-state index in [1.54, 1.807) is 0 Å². The summed E-state index contributed by atoms with van der Waals surface area (Å²) in [7, 11) is 0. The van der Waals surface area contributed by atoms with E-state index in [0.717, 1.165) is 32.7 Å². The van der Waals surface area contributed by atoms with E-state index in [2.05, 4.69) is 12.2 Å². The van der Waals surface area contributed by atoms with Gasteiger partial charge in [-0.1, -0.05) is 0 Å². The zero-order chi connectivity index (χ0) is 9.26. The monoisotopic (exact) mass is 183 g/mol. The summed E-state index contributed by atoms with van der Waals surface area (Å²) < 4.78 is 0. The highest BCUT2D eigenvalue weighted by Crippen LogP contribution is 2.13. The summed E-state index contributed by atoms with van der Waals surface area (Å²) in [6.45, 7) is 6.73. The van der Waals surface area contributed by atoms with Gasteiger partial charge in [-0.25, -0.2) is 4.79 Å². The van der Waals surface area contributed by atoms with E-state index >= 15 is 0 Å². The third-order valence-electron chi connectivity index (χ3n) is 2.87. The minimum atomic E-state index is 0.236. The lowest BCUT2D eigenvalue weighted by atomic mass is 10.2. The quantitative estimate of drug-likeness (QED) is 0.578. The Bertz CT molecular complexity index is 203. The van der Waals surface area contributed by atoms with E-state index in [4.69, 9.17) is 0 Å². The van der Waals surface area contributed by atoms with Crippen molar-refractivity contribution in [2.24, 2.45) is 0 Å². The Morgan fingerprint density at radius 3 is 2.69 bits per heavy atom. The van der Waals surface area contributed by atoms with Crippen LogP contribution in [0.15, 0.2) is 0 Å². The molecule has 0 bridgehead atoms. The minimum Gasteiger partial charge on any atom is -0.325 e. The van der Waals surface area contributed by atoms with Crippen LogP contribution in [0, 0.1) is 0 Å². The van der Waals surface area contributed by atoms with Gasteiger partial charge in [0, 0.05) is 38.8 Å². The van der Waals surface area contributed by atoms with Crippen molar-refractivity contribution < 1.29 is 4.79 Å². The Morgan fingerprint density at radius 2 is 2.15 bits per heavy atom. The summed E-state index contributed by atoms with van der Waals surface area (Å²) >= 11 is 0. The van der Waals surface area contributed by atoms with Gasteiger partial charge in [0.2, 0.25) is 0 Å². The van der Waals surface area contributed by atoms with Gasteiger partial charge in [-0.05, 0) is 13.3 Å². The number of amides is 2. The molecule has 13 heavy (non-hydrogen) atoms. The van der Waals surface area contributed by atoms with Crippen molar-refractivity contribution in [1.29, 1.82) is 0 Å². The van der Waals surface area contributed by atoms with Gasteiger partial charge in [0.05, 0.1) is 0 Å². The standard InChI is InChI=1S/C9H17N3O/c1-8-7-10-3-6-12(8)9(13)11-4-2-5-11/h8,10H,2-7H2,1H3/t8-/m1/s1. The number of likely N-dealkylation sites (tertiary alicyclic amines) is 1. The number of rotatable bonds is 0. The molecule has 0 aromatic carbocycles. The molecule has 0 radical (unpaired) electrons. The van der Waals surface area contributed by atoms with E-state index in [0.29, 0.717) is 6.04 Å². The van der Waals surface area contributed by atoms with Crippen LogP contribution in [-0.2, 0) is 0 Å². The largest absolute Gasteiger partial charge is 0.325 e. The lowest BCUT2D eigenvalue weighted by Gasteiger charge is -2.41. The zero-order valence-corrected chi connectivity index (χ0v) is 8.12. The fraction of sp³-hybridized carbons (Fsp3) is 0.889. The maximum absolute atomic E-state index is 11.8. The number of nitrogens with one attached hydrogen (secondary N) is 1. The number of hydrogen-bond acceptors (Lipinski definition) is 2. The molecule has 2 aliphatic rings. The average molecular weight is 183 g/mol. The molecule has 2 fully saturated rings. The van der Waals surface area contributed by atoms with Crippen molar-refractivity contribution >= 4 is 6.03 Å². The van der Waals surface area contributed by atoms with Crippen LogP contribution in [0.25, 0.3) is 0 Å². The maximum atomic E-state index is 11.8. The Labute approximate surface area is 78.9 Å². The Balaban J connectivity index is 1.93. The van der Waals surface area contributed by atoms with Crippen molar-refractivity contribution in [3.8, 4) is 0 Å². The van der Waals surface area contributed by atoms with E-state index < -0.39 is 0 Å². The molecule has 2 heterocycles. The SMILES string of the molecule is C[C@@H]1CNCCN1C(=O)N1CCC1. The smallest absolute Gasteiger partial charge is 0.320 e. The van der Waals surface area contributed by atoms with Crippen molar-refractivity contribution in [3.63, 3.8) is 0 Å².